The number of nitrogens with one attached hydrogen (secondary N) is 1. The quantitative estimate of drug-likeness (QED) is 0.160. The van der Waals surface area contributed by atoms with Crippen LogP contribution < -0.4 is 10.1 Å². The van der Waals surface area contributed by atoms with E-state index in [9.17, 15) is 8.96 Å². The number of aryl methyl sites for hydroxylation is 2. The smallest absolute Gasteiger partial charge is 0.476 e. The predicted molar refractivity (Wildman–Crippen MR) is 157 cm³/mol. The minimum Gasteiger partial charge on any atom is -0.482 e. The normalized spacial score (nSPS) is 14.7. The standard InChI is InChI=1S/C28H33ClFN6O5P/c1-6-36-26-18-12-24(28(31-14-18)32-16-40-42(37,38-7-2)39-8-3)41-17(4)22-13-20(30)9-10-21(22)25-19(15-35(5)33-25)11-23(26)27(29)34-36/h9-10,12-15,17H,6-8,11,16H2,1-5H3,(H,31,32). The fourth-order valence-electron chi connectivity index (χ4n) is 5.01. The summed E-state index contributed by atoms with van der Waals surface area (Å²) in [6, 6.07) is 6.39. The number of hydrogen-bond acceptors (Lipinski definition) is 9. The van der Waals surface area contributed by atoms with E-state index in [0.717, 1.165) is 27.9 Å². The van der Waals surface area contributed by atoms with Crippen molar-refractivity contribution in [3.8, 4) is 28.3 Å². The van der Waals surface area contributed by atoms with Crippen molar-refractivity contribution >= 4 is 25.2 Å². The van der Waals surface area contributed by atoms with Gasteiger partial charge in [-0.15, -0.1) is 0 Å². The maximum atomic E-state index is 14.6. The van der Waals surface area contributed by atoms with Crippen LogP contribution in [-0.2, 0) is 38.1 Å². The first-order valence-corrected chi connectivity index (χ1v) is 15.5. The molecule has 3 aromatic heterocycles. The topological polar surface area (TPSA) is 115 Å². The van der Waals surface area contributed by atoms with Gasteiger partial charge >= 0.3 is 7.82 Å². The second kappa shape index (κ2) is 12.5. The Morgan fingerprint density at radius 2 is 1.93 bits per heavy atom. The average molecular weight is 619 g/mol. The number of benzene rings is 1. The van der Waals surface area contributed by atoms with Crippen molar-refractivity contribution < 1.29 is 27.3 Å². The number of aromatic nitrogens is 5. The molecule has 1 atom stereocenters. The van der Waals surface area contributed by atoms with Crippen molar-refractivity contribution in [3.05, 3.63) is 64.3 Å². The van der Waals surface area contributed by atoms with Crippen LogP contribution in [0.4, 0.5) is 10.2 Å². The minimum absolute atomic E-state index is 0.153. The van der Waals surface area contributed by atoms with E-state index in [1.807, 2.05) is 37.8 Å². The Labute approximate surface area is 248 Å². The van der Waals surface area contributed by atoms with Crippen LogP contribution in [0.1, 0.15) is 50.5 Å². The minimum atomic E-state index is -3.76. The van der Waals surface area contributed by atoms with Crippen LogP contribution in [-0.4, -0.2) is 44.5 Å². The van der Waals surface area contributed by atoms with Crippen molar-refractivity contribution in [1.29, 1.82) is 0 Å². The van der Waals surface area contributed by atoms with Gasteiger partial charge in [0.2, 0.25) is 0 Å². The summed E-state index contributed by atoms with van der Waals surface area (Å²) < 4.78 is 53.3. The number of phosphoric acid groups is 1. The number of phosphoric ester groups is 1. The molecule has 42 heavy (non-hydrogen) atoms. The summed E-state index contributed by atoms with van der Waals surface area (Å²) in [5, 5.41) is 12.7. The third-order valence-electron chi connectivity index (χ3n) is 6.75. The van der Waals surface area contributed by atoms with E-state index in [4.69, 9.17) is 35.0 Å². The molecule has 0 radical (unpaired) electrons. The highest BCUT2D eigenvalue weighted by Crippen LogP contribution is 2.49. The molecule has 1 N–H and O–H groups in total. The van der Waals surface area contributed by atoms with Gasteiger partial charge in [-0.25, -0.2) is 13.9 Å². The van der Waals surface area contributed by atoms with E-state index in [1.165, 1.54) is 12.1 Å². The second-order valence-corrected chi connectivity index (χ2v) is 11.6. The molecule has 5 rings (SSSR count). The highest BCUT2D eigenvalue weighted by Gasteiger charge is 2.28. The molecular weight excluding hydrogens is 586 g/mol. The number of anilines is 1. The van der Waals surface area contributed by atoms with Gasteiger partial charge in [-0.3, -0.25) is 22.9 Å². The van der Waals surface area contributed by atoms with Gasteiger partial charge in [0.15, 0.2) is 16.7 Å². The summed E-state index contributed by atoms with van der Waals surface area (Å²) >= 11 is 6.72. The lowest BCUT2D eigenvalue weighted by Gasteiger charge is -2.22. The van der Waals surface area contributed by atoms with Crippen LogP contribution >= 0.6 is 19.4 Å². The Kier molecular flexibility index (Phi) is 9.00. The lowest BCUT2D eigenvalue weighted by atomic mass is 9.94. The van der Waals surface area contributed by atoms with Crippen molar-refractivity contribution in [2.24, 2.45) is 7.05 Å². The van der Waals surface area contributed by atoms with Crippen LogP contribution in [0.3, 0.4) is 0 Å². The number of nitrogens with zero attached hydrogens (tertiary/aromatic N) is 5. The summed E-state index contributed by atoms with van der Waals surface area (Å²) in [4.78, 5) is 4.62. The van der Waals surface area contributed by atoms with Gasteiger partial charge in [0.1, 0.15) is 18.7 Å². The first kappa shape index (κ1) is 30.2. The molecule has 224 valence electrons. The first-order chi connectivity index (χ1) is 20.2. The Morgan fingerprint density at radius 1 is 1.17 bits per heavy atom. The summed E-state index contributed by atoms with van der Waals surface area (Å²) in [6.45, 7) is 7.84. The van der Waals surface area contributed by atoms with E-state index >= 15 is 0 Å². The predicted octanol–water partition coefficient (Wildman–Crippen LogP) is 6.77. The molecule has 1 aliphatic rings. The van der Waals surface area contributed by atoms with E-state index in [-0.39, 0.29) is 19.9 Å². The highest BCUT2D eigenvalue weighted by molar-refractivity contribution is 7.48. The molecule has 0 saturated heterocycles. The Bertz CT molecular complexity index is 1630. The van der Waals surface area contributed by atoms with Crippen LogP contribution in [0.5, 0.6) is 5.75 Å². The summed E-state index contributed by atoms with van der Waals surface area (Å²) in [7, 11) is -1.92. The van der Waals surface area contributed by atoms with Crippen LogP contribution in [0, 0.1) is 5.82 Å². The van der Waals surface area contributed by atoms with Crippen molar-refractivity contribution in [1.82, 2.24) is 24.5 Å². The molecule has 4 heterocycles. The number of hydrogen-bond donors (Lipinski definition) is 1. The lowest BCUT2D eigenvalue weighted by Crippen LogP contribution is -2.13. The average Bonchev–Trinajstić information content (AvgIpc) is 3.47. The maximum absolute atomic E-state index is 14.6. The number of fused-ring (bicyclic) bond motifs is 7. The van der Waals surface area contributed by atoms with Crippen LogP contribution in [0.2, 0.25) is 5.15 Å². The molecular formula is C28H33ClFN6O5P. The van der Waals surface area contributed by atoms with Crippen LogP contribution in [0.15, 0.2) is 36.7 Å². The van der Waals surface area contributed by atoms with Crippen molar-refractivity contribution in [2.75, 3.05) is 25.3 Å². The molecule has 0 amide bonds. The fraction of sp³-hybridized carbons (Fsp3) is 0.393. The largest absolute Gasteiger partial charge is 0.482 e. The Hall–Kier alpha value is -3.28. The number of halogens is 2. The Morgan fingerprint density at radius 3 is 2.64 bits per heavy atom. The molecule has 14 heteroatoms. The number of pyridine rings is 1. The van der Waals surface area contributed by atoms with Crippen LogP contribution in [0.25, 0.3) is 22.5 Å². The maximum Gasteiger partial charge on any atom is 0.476 e. The molecule has 4 aromatic rings. The van der Waals surface area contributed by atoms with E-state index < -0.39 is 19.7 Å². The highest BCUT2D eigenvalue weighted by atomic mass is 35.5. The zero-order chi connectivity index (χ0) is 30.0. The van der Waals surface area contributed by atoms with Crippen molar-refractivity contribution in [3.63, 3.8) is 0 Å². The third-order valence-corrected chi connectivity index (χ3v) is 8.64. The monoisotopic (exact) mass is 618 g/mol. The molecule has 1 aromatic carbocycles. The van der Waals surface area contributed by atoms with E-state index in [2.05, 4.69) is 15.4 Å². The number of rotatable bonds is 9. The third kappa shape index (κ3) is 6.09. The van der Waals surface area contributed by atoms with Gasteiger partial charge < -0.3 is 10.1 Å². The first-order valence-electron chi connectivity index (χ1n) is 13.7. The van der Waals surface area contributed by atoms with Gasteiger partial charge in [-0.05, 0) is 52.0 Å². The summed E-state index contributed by atoms with van der Waals surface area (Å²) in [5.41, 5.74) is 5.27. The van der Waals surface area contributed by atoms with E-state index in [0.29, 0.717) is 40.9 Å². The van der Waals surface area contributed by atoms with Gasteiger partial charge in [-0.1, -0.05) is 11.6 Å². The molecule has 1 unspecified atom stereocenters. The van der Waals surface area contributed by atoms with Gasteiger partial charge in [0.05, 0.1) is 24.6 Å². The molecule has 0 saturated carbocycles. The van der Waals surface area contributed by atoms with Gasteiger partial charge in [0, 0.05) is 60.2 Å². The zero-order valence-corrected chi connectivity index (χ0v) is 25.7. The summed E-state index contributed by atoms with van der Waals surface area (Å²) in [6.07, 6.45) is 3.44. The zero-order valence-electron chi connectivity index (χ0n) is 24.1. The molecule has 0 aliphatic carbocycles. The molecule has 11 nitrogen and oxygen atoms in total. The second-order valence-electron chi connectivity index (χ2n) is 9.58. The Balaban J connectivity index is 1.63. The molecule has 1 aliphatic heterocycles. The fourth-order valence-corrected chi connectivity index (χ4v) is 6.33. The molecule has 0 fully saturated rings. The molecule has 2 bridgehead atoms. The summed E-state index contributed by atoms with van der Waals surface area (Å²) in [5.74, 6) is 0.271. The van der Waals surface area contributed by atoms with Gasteiger partial charge in [-0.2, -0.15) is 10.2 Å². The lowest BCUT2D eigenvalue weighted by molar-refractivity contribution is 0.127. The van der Waals surface area contributed by atoms with E-state index in [1.54, 1.807) is 30.8 Å². The molecule has 0 spiro atoms. The SMILES string of the molecule is CCOP(=O)(OCC)OCNc1ncc2cc1OC(C)c1cc(F)ccc1-c1nn(C)cc1Cc1c(Cl)nn(CC)c1-2. The van der Waals surface area contributed by atoms with Gasteiger partial charge in [0.25, 0.3) is 0 Å². The van der Waals surface area contributed by atoms with Crippen molar-refractivity contribution in [2.45, 2.75) is 46.8 Å². The number of ether oxygens (including phenoxy) is 1.